The van der Waals surface area contributed by atoms with Gasteiger partial charge in [-0.25, -0.2) is 4.68 Å². The summed E-state index contributed by atoms with van der Waals surface area (Å²) in [6.07, 6.45) is 1.30. The molecule has 0 aliphatic carbocycles. The van der Waals surface area contributed by atoms with E-state index in [1.165, 1.54) is 11.3 Å². The van der Waals surface area contributed by atoms with Crippen LogP contribution in [0.3, 0.4) is 0 Å². The second-order valence-corrected chi connectivity index (χ2v) is 7.32. The van der Waals surface area contributed by atoms with Gasteiger partial charge < -0.3 is 10.4 Å². The SMILES string of the molecule is Cc1nn(-c2ccccc2Cl)c2sc(C(=O)NCCCCC(=O)O)cc12. The van der Waals surface area contributed by atoms with Gasteiger partial charge in [0, 0.05) is 18.4 Å². The van der Waals surface area contributed by atoms with Crippen LogP contribution >= 0.6 is 22.9 Å². The van der Waals surface area contributed by atoms with Gasteiger partial charge in [-0.1, -0.05) is 23.7 Å². The highest BCUT2D eigenvalue weighted by molar-refractivity contribution is 7.20. The number of carbonyl (C=O) groups is 2. The number of aromatic nitrogens is 2. The molecule has 0 saturated carbocycles. The molecule has 0 aliphatic heterocycles. The van der Waals surface area contributed by atoms with Gasteiger partial charge >= 0.3 is 5.97 Å². The van der Waals surface area contributed by atoms with E-state index in [9.17, 15) is 9.59 Å². The van der Waals surface area contributed by atoms with E-state index in [-0.39, 0.29) is 12.3 Å². The minimum atomic E-state index is -0.819. The Hall–Kier alpha value is -2.38. The minimum absolute atomic E-state index is 0.117. The first kappa shape index (κ1) is 18.4. The smallest absolute Gasteiger partial charge is 0.303 e. The lowest BCUT2D eigenvalue weighted by Crippen LogP contribution is -2.23. The van der Waals surface area contributed by atoms with E-state index in [1.54, 1.807) is 10.7 Å². The van der Waals surface area contributed by atoms with Gasteiger partial charge in [-0.2, -0.15) is 5.10 Å². The first-order valence-electron chi connectivity index (χ1n) is 8.21. The van der Waals surface area contributed by atoms with E-state index < -0.39 is 5.97 Å². The molecule has 2 aromatic heterocycles. The van der Waals surface area contributed by atoms with E-state index in [0.717, 1.165) is 21.6 Å². The van der Waals surface area contributed by atoms with E-state index in [2.05, 4.69) is 10.4 Å². The summed E-state index contributed by atoms with van der Waals surface area (Å²) in [6, 6.07) is 9.27. The van der Waals surface area contributed by atoms with Crippen molar-refractivity contribution in [1.29, 1.82) is 0 Å². The molecule has 136 valence electrons. The third-order valence-electron chi connectivity index (χ3n) is 3.95. The number of nitrogens with one attached hydrogen (secondary N) is 1. The van der Waals surface area contributed by atoms with Crippen molar-refractivity contribution in [3.63, 3.8) is 0 Å². The van der Waals surface area contributed by atoms with E-state index >= 15 is 0 Å². The Kier molecular flexibility index (Phi) is 5.58. The molecule has 0 atom stereocenters. The summed E-state index contributed by atoms with van der Waals surface area (Å²) in [5, 5.41) is 17.5. The number of nitrogens with zero attached hydrogens (tertiary/aromatic N) is 2. The predicted octanol–water partition coefficient (Wildman–Crippen LogP) is 4.03. The molecule has 0 aliphatic rings. The average molecular weight is 392 g/mol. The molecule has 6 nitrogen and oxygen atoms in total. The number of thiophene rings is 1. The number of hydrogen-bond donors (Lipinski definition) is 2. The molecule has 2 heterocycles. The van der Waals surface area contributed by atoms with Crippen molar-refractivity contribution in [1.82, 2.24) is 15.1 Å². The van der Waals surface area contributed by atoms with Crippen molar-refractivity contribution in [3.8, 4) is 5.69 Å². The van der Waals surface area contributed by atoms with Gasteiger partial charge in [-0.05, 0) is 38.0 Å². The number of benzene rings is 1. The lowest BCUT2D eigenvalue weighted by Gasteiger charge is -2.04. The second kappa shape index (κ2) is 7.88. The third kappa shape index (κ3) is 3.89. The lowest BCUT2D eigenvalue weighted by molar-refractivity contribution is -0.137. The summed E-state index contributed by atoms with van der Waals surface area (Å²) in [6.45, 7) is 2.35. The summed E-state index contributed by atoms with van der Waals surface area (Å²) in [4.78, 5) is 24.3. The molecule has 3 aromatic rings. The molecule has 8 heteroatoms. The fraction of sp³-hybridized carbons (Fsp3) is 0.278. The Balaban J connectivity index is 1.77. The maximum atomic E-state index is 12.4. The van der Waals surface area contributed by atoms with E-state index in [0.29, 0.717) is 29.3 Å². The molecule has 26 heavy (non-hydrogen) atoms. The van der Waals surface area contributed by atoms with Crippen LogP contribution in [0.15, 0.2) is 30.3 Å². The largest absolute Gasteiger partial charge is 0.481 e. The number of aryl methyl sites for hydroxylation is 1. The molecule has 0 bridgehead atoms. The van der Waals surface area contributed by atoms with Gasteiger partial charge in [0.1, 0.15) is 4.83 Å². The quantitative estimate of drug-likeness (QED) is 0.595. The van der Waals surface area contributed by atoms with Gasteiger partial charge in [0.25, 0.3) is 5.91 Å². The zero-order valence-corrected chi connectivity index (χ0v) is 15.7. The highest BCUT2D eigenvalue weighted by Crippen LogP contribution is 2.32. The fourth-order valence-corrected chi connectivity index (χ4v) is 3.94. The van der Waals surface area contributed by atoms with Crippen molar-refractivity contribution in [2.45, 2.75) is 26.2 Å². The average Bonchev–Trinajstić information content (AvgIpc) is 3.16. The summed E-state index contributed by atoms with van der Waals surface area (Å²) in [5.41, 5.74) is 1.60. The number of carboxylic acids is 1. The maximum Gasteiger partial charge on any atom is 0.303 e. The molecule has 1 amide bonds. The molecule has 0 unspecified atom stereocenters. The molecular weight excluding hydrogens is 374 g/mol. The van der Waals surface area contributed by atoms with E-state index in [1.807, 2.05) is 31.2 Å². The number of rotatable bonds is 7. The molecule has 0 spiro atoms. The van der Waals surface area contributed by atoms with Crippen molar-refractivity contribution < 1.29 is 14.7 Å². The first-order chi connectivity index (χ1) is 12.5. The highest BCUT2D eigenvalue weighted by Gasteiger charge is 2.18. The number of para-hydroxylation sites is 1. The van der Waals surface area contributed by atoms with Crippen LogP contribution in [0, 0.1) is 6.92 Å². The zero-order chi connectivity index (χ0) is 18.7. The number of halogens is 1. The van der Waals surface area contributed by atoms with Crippen LogP contribution in [0.2, 0.25) is 5.02 Å². The Morgan fingerprint density at radius 2 is 2.08 bits per heavy atom. The maximum absolute atomic E-state index is 12.4. The molecule has 1 aromatic carbocycles. The van der Waals surface area contributed by atoms with Crippen LogP contribution in [0.1, 0.15) is 34.6 Å². The number of carboxylic acid groups (broad SMARTS) is 1. The van der Waals surface area contributed by atoms with Gasteiger partial charge in [0.15, 0.2) is 0 Å². The Morgan fingerprint density at radius 1 is 1.31 bits per heavy atom. The fourth-order valence-electron chi connectivity index (χ4n) is 2.64. The van der Waals surface area contributed by atoms with Crippen molar-refractivity contribution in [3.05, 3.63) is 45.9 Å². The topological polar surface area (TPSA) is 84.2 Å². The first-order valence-corrected chi connectivity index (χ1v) is 9.41. The predicted molar refractivity (Wildman–Crippen MR) is 103 cm³/mol. The van der Waals surface area contributed by atoms with Crippen molar-refractivity contribution in [2.75, 3.05) is 6.54 Å². The lowest BCUT2D eigenvalue weighted by atomic mass is 10.2. The summed E-state index contributed by atoms with van der Waals surface area (Å²) in [7, 11) is 0. The Labute approximate surface area is 159 Å². The van der Waals surface area contributed by atoms with Crippen LogP contribution in [0.5, 0.6) is 0 Å². The van der Waals surface area contributed by atoms with Crippen LogP contribution < -0.4 is 5.32 Å². The van der Waals surface area contributed by atoms with E-state index in [4.69, 9.17) is 16.7 Å². The monoisotopic (exact) mass is 391 g/mol. The van der Waals surface area contributed by atoms with Crippen molar-refractivity contribution in [2.24, 2.45) is 0 Å². The summed E-state index contributed by atoms with van der Waals surface area (Å²) < 4.78 is 1.77. The second-order valence-electron chi connectivity index (χ2n) is 5.88. The molecular formula is C18H18ClN3O3S. The molecule has 3 rings (SSSR count). The Bertz CT molecular complexity index is 964. The van der Waals surface area contributed by atoms with Crippen LogP contribution in [0.4, 0.5) is 0 Å². The van der Waals surface area contributed by atoms with Crippen LogP contribution in [-0.4, -0.2) is 33.3 Å². The van der Waals surface area contributed by atoms with Crippen LogP contribution in [-0.2, 0) is 4.79 Å². The minimum Gasteiger partial charge on any atom is -0.481 e. The number of hydrogen-bond acceptors (Lipinski definition) is 4. The number of aliphatic carboxylic acids is 1. The van der Waals surface area contributed by atoms with Gasteiger partial charge in [-0.15, -0.1) is 11.3 Å². The van der Waals surface area contributed by atoms with Crippen molar-refractivity contribution >= 4 is 45.0 Å². The van der Waals surface area contributed by atoms with Gasteiger partial charge in [0.2, 0.25) is 0 Å². The number of unbranched alkanes of at least 4 members (excludes halogenated alkanes) is 1. The standard InChI is InChI=1S/C18H18ClN3O3S/c1-11-12-10-15(17(25)20-9-5-4-8-16(23)24)26-18(12)22(21-11)14-7-3-2-6-13(14)19/h2-3,6-7,10H,4-5,8-9H2,1H3,(H,20,25)(H,23,24). The highest BCUT2D eigenvalue weighted by atomic mass is 35.5. The number of amides is 1. The molecule has 2 N–H and O–H groups in total. The zero-order valence-electron chi connectivity index (χ0n) is 14.2. The summed E-state index contributed by atoms with van der Waals surface area (Å²) >= 11 is 7.64. The summed E-state index contributed by atoms with van der Waals surface area (Å²) in [5.74, 6) is -0.980. The third-order valence-corrected chi connectivity index (χ3v) is 5.38. The number of fused-ring (bicyclic) bond motifs is 1. The van der Waals surface area contributed by atoms with Crippen LogP contribution in [0.25, 0.3) is 15.9 Å². The molecule has 0 fully saturated rings. The van der Waals surface area contributed by atoms with Gasteiger partial charge in [0.05, 0.1) is 21.3 Å². The van der Waals surface area contributed by atoms with Gasteiger partial charge in [-0.3, -0.25) is 9.59 Å². The normalized spacial score (nSPS) is 11.0. The molecule has 0 radical (unpaired) electrons. The Morgan fingerprint density at radius 3 is 2.81 bits per heavy atom. The number of carbonyl (C=O) groups excluding carboxylic acids is 1. The molecule has 0 saturated heterocycles.